The van der Waals surface area contributed by atoms with E-state index in [1.807, 2.05) is 19.1 Å². The van der Waals surface area contributed by atoms with E-state index in [0.29, 0.717) is 17.3 Å². The van der Waals surface area contributed by atoms with Crippen LogP contribution in [0.25, 0.3) is 0 Å². The van der Waals surface area contributed by atoms with Crippen LogP contribution in [0, 0.1) is 6.92 Å². The average molecular weight is 275 g/mol. The Hall–Kier alpha value is -1.55. The monoisotopic (exact) mass is 275 g/mol. The van der Waals surface area contributed by atoms with Gasteiger partial charge in [-0.25, -0.2) is 0 Å². The molecule has 1 aromatic carbocycles. The number of benzene rings is 1. The predicted octanol–water partition coefficient (Wildman–Crippen LogP) is 2.18. The van der Waals surface area contributed by atoms with Crippen LogP contribution in [0.15, 0.2) is 18.2 Å². The smallest absolute Gasteiger partial charge is 0.251 e. The third-order valence-corrected chi connectivity index (χ3v) is 4.14. The van der Waals surface area contributed by atoms with Gasteiger partial charge in [0.15, 0.2) is 0 Å². The molecule has 1 aliphatic rings. The number of likely N-dealkylation sites (tertiary alicyclic amines) is 1. The molecule has 0 radical (unpaired) electrons. The SMILES string of the molecule is Cc1ccc(C(=O)NC2CCN(C(C)C)CC2)cc1N. The molecule has 3 N–H and O–H groups in total. The topological polar surface area (TPSA) is 58.4 Å². The number of carbonyl (C=O) groups is 1. The van der Waals surface area contributed by atoms with Crippen LogP contribution in [0.1, 0.15) is 42.6 Å². The highest BCUT2D eigenvalue weighted by atomic mass is 16.1. The summed E-state index contributed by atoms with van der Waals surface area (Å²) in [5, 5.41) is 3.12. The predicted molar refractivity (Wildman–Crippen MR) is 82.8 cm³/mol. The summed E-state index contributed by atoms with van der Waals surface area (Å²) >= 11 is 0. The van der Waals surface area contributed by atoms with Gasteiger partial charge in [0.05, 0.1) is 0 Å². The first kappa shape index (κ1) is 14.9. The van der Waals surface area contributed by atoms with Crippen molar-refractivity contribution >= 4 is 11.6 Å². The Bertz CT molecular complexity index is 477. The molecule has 0 atom stereocenters. The van der Waals surface area contributed by atoms with Gasteiger partial charge in [0, 0.05) is 36.4 Å². The summed E-state index contributed by atoms with van der Waals surface area (Å²) in [7, 11) is 0. The summed E-state index contributed by atoms with van der Waals surface area (Å²) in [6.45, 7) is 8.48. The van der Waals surface area contributed by atoms with Crippen molar-refractivity contribution in [3.8, 4) is 0 Å². The minimum absolute atomic E-state index is 0.0142. The van der Waals surface area contributed by atoms with E-state index < -0.39 is 0 Å². The third-order valence-electron chi connectivity index (χ3n) is 4.14. The van der Waals surface area contributed by atoms with Gasteiger partial charge in [0.2, 0.25) is 0 Å². The first-order valence-electron chi connectivity index (χ1n) is 7.38. The number of nitrogens with one attached hydrogen (secondary N) is 1. The molecule has 1 heterocycles. The lowest BCUT2D eigenvalue weighted by molar-refractivity contribution is 0.0900. The summed E-state index contributed by atoms with van der Waals surface area (Å²) < 4.78 is 0. The Balaban J connectivity index is 1.91. The summed E-state index contributed by atoms with van der Waals surface area (Å²) in [5.41, 5.74) is 8.19. The molecule has 1 aromatic rings. The number of anilines is 1. The van der Waals surface area contributed by atoms with Crippen LogP contribution in [-0.2, 0) is 0 Å². The molecule has 1 amide bonds. The van der Waals surface area contributed by atoms with Gasteiger partial charge >= 0.3 is 0 Å². The maximum Gasteiger partial charge on any atom is 0.251 e. The molecule has 1 aliphatic heterocycles. The number of hydrogen-bond donors (Lipinski definition) is 2. The first-order chi connectivity index (χ1) is 9.47. The molecule has 1 saturated heterocycles. The highest BCUT2D eigenvalue weighted by Crippen LogP contribution is 2.16. The number of nitrogens with zero attached hydrogens (tertiary/aromatic N) is 1. The van der Waals surface area contributed by atoms with Crippen molar-refractivity contribution in [2.45, 2.75) is 45.7 Å². The van der Waals surface area contributed by atoms with Crippen LogP contribution in [0.3, 0.4) is 0 Å². The zero-order valence-electron chi connectivity index (χ0n) is 12.6. The van der Waals surface area contributed by atoms with E-state index in [1.54, 1.807) is 6.07 Å². The molecule has 110 valence electrons. The van der Waals surface area contributed by atoms with Gasteiger partial charge in [-0.05, 0) is 51.3 Å². The molecule has 20 heavy (non-hydrogen) atoms. The van der Waals surface area contributed by atoms with Crippen molar-refractivity contribution in [1.82, 2.24) is 10.2 Å². The summed E-state index contributed by atoms with van der Waals surface area (Å²) in [5.74, 6) is -0.0142. The van der Waals surface area contributed by atoms with Crippen molar-refractivity contribution in [2.24, 2.45) is 0 Å². The van der Waals surface area contributed by atoms with E-state index in [2.05, 4.69) is 24.1 Å². The molecular weight excluding hydrogens is 250 g/mol. The number of aryl methyl sites for hydroxylation is 1. The molecular formula is C16H25N3O. The molecule has 1 fully saturated rings. The number of carbonyl (C=O) groups excluding carboxylic acids is 1. The zero-order chi connectivity index (χ0) is 14.7. The molecule has 0 unspecified atom stereocenters. The lowest BCUT2D eigenvalue weighted by Gasteiger charge is -2.34. The number of rotatable bonds is 3. The lowest BCUT2D eigenvalue weighted by atomic mass is 10.0. The largest absolute Gasteiger partial charge is 0.398 e. The van der Waals surface area contributed by atoms with Gasteiger partial charge in [-0.1, -0.05) is 6.07 Å². The van der Waals surface area contributed by atoms with Crippen LogP contribution in [0.5, 0.6) is 0 Å². The Morgan fingerprint density at radius 3 is 2.55 bits per heavy atom. The van der Waals surface area contributed by atoms with E-state index >= 15 is 0 Å². The highest BCUT2D eigenvalue weighted by molar-refractivity contribution is 5.95. The molecule has 0 aromatic heterocycles. The maximum atomic E-state index is 12.2. The highest BCUT2D eigenvalue weighted by Gasteiger charge is 2.22. The van der Waals surface area contributed by atoms with Gasteiger partial charge in [-0.2, -0.15) is 0 Å². The van der Waals surface area contributed by atoms with Crippen LogP contribution in [0.4, 0.5) is 5.69 Å². The Kier molecular flexibility index (Phi) is 4.65. The minimum atomic E-state index is -0.0142. The fourth-order valence-corrected chi connectivity index (χ4v) is 2.61. The van der Waals surface area contributed by atoms with Gasteiger partial charge in [0.25, 0.3) is 5.91 Å². The van der Waals surface area contributed by atoms with Crippen molar-refractivity contribution in [2.75, 3.05) is 18.8 Å². The van der Waals surface area contributed by atoms with E-state index in [4.69, 9.17) is 5.73 Å². The van der Waals surface area contributed by atoms with Crippen molar-refractivity contribution in [1.29, 1.82) is 0 Å². The standard InChI is InChI=1S/C16H25N3O/c1-11(2)19-8-6-14(7-9-19)18-16(20)13-5-4-12(3)15(17)10-13/h4-5,10-11,14H,6-9,17H2,1-3H3,(H,18,20). The Morgan fingerprint density at radius 1 is 1.35 bits per heavy atom. The summed E-state index contributed by atoms with van der Waals surface area (Å²) in [6, 6.07) is 6.35. The second kappa shape index (κ2) is 6.27. The fourth-order valence-electron chi connectivity index (χ4n) is 2.61. The van der Waals surface area contributed by atoms with Crippen LogP contribution < -0.4 is 11.1 Å². The Morgan fingerprint density at radius 2 is 2.00 bits per heavy atom. The van der Waals surface area contributed by atoms with Gasteiger partial charge in [0.1, 0.15) is 0 Å². The van der Waals surface area contributed by atoms with E-state index in [1.165, 1.54) is 0 Å². The second-order valence-electron chi connectivity index (χ2n) is 5.95. The Labute approximate surface area is 121 Å². The van der Waals surface area contributed by atoms with E-state index in [-0.39, 0.29) is 11.9 Å². The molecule has 0 aliphatic carbocycles. The molecule has 0 saturated carbocycles. The molecule has 4 nitrogen and oxygen atoms in total. The van der Waals surface area contributed by atoms with Crippen LogP contribution in [-0.4, -0.2) is 36.0 Å². The molecule has 0 bridgehead atoms. The van der Waals surface area contributed by atoms with E-state index in [0.717, 1.165) is 31.5 Å². The number of nitrogens with two attached hydrogens (primary N) is 1. The molecule has 4 heteroatoms. The average Bonchev–Trinajstić information content (AvgIpc) is 2.42. The number of nitrogen functional groups attached to an aromatic ring is 1. The number of amides is 1. The van der Waals surface area contributed by atoms with E-state index in [9.17, 15) is 4.79 Å². The van der Waals surface area contributed by atoms with Crippen molar-refractivity contribution in [3.05, 3.63) is 29.3 Å². The van der Waals surface area contributed by atoms with Crippen LogP contribution in [0.2, 0.25) is 0 Å². The zero-order valence-corrected chi connectivity index (χ0v) is 12.6. The maximum absolute atomic E-state index is 12.2. The van der Waals surface area contributed by atoms with Crippen molar-refractivity contribution < 1.29 is 4.79 Å². The normalized spacial score (nSPS) is 17.4. The molecule has 0 spiro atoms. The van der Waals surface area contributed by atoms with Gasteiger partial charge < -0.3 is 16.0 Å². The molecule has 2 rings (SSSR count). The number of hydrogen-bond acceptors (Lipinski definition) is 3. The third kappa shape index (κ3) is 3.51. The van der Waals surface area contributed by atoms with Crippen molar-refractivity contribution in [3.63, 3.8) is 0 Å². The second-order valence-corrected chi connectivity index (χ2v) is 5.95. The first-order valence-corrected chi connectivity index (χ1v) is 7.38. The fraction of sp³-hybridized carbons (Fsp3) is 0.562. The number of piperidine rings is 1. The quantitative estimate of drug-likeness (QED) is 0.831. The lowest BCUT2D eigenvalue weighted by Crippen LogP contribution is -2.46. The van der Waals surface area contributed by atoms with Gasteiger partial charge in [-0.15, -0.1) is 0 Å². The van der Waals surface area contributed by atoms with Crippen LogP contribution >= 0.6 is 0 Å². The summed E-state index contributed by atoms with van der Waals surface area (Å²) in [6.07, 6.45) is 2.04. The minimum Gasteiger partial charge on any atom is -0.398 e. The van der Waals surface area contributed by atoms with Gasteiger partial charge in [-0.3, -0.25) is 4.79 Å². The summed E-state index contributed by atoms with van der Waals surface area (Å²) in [4.78, 5) is 14.7.